The van der Waals surface area contributed by atoms with Crippen LogP contribution in [0, 0.1) is 5.92 Å². The highest BCUT2D eigenvalue weighted by Crippen LogP contribution is 2.21. The maximum Gasteiger partial charge on any atom is 0.261 e. The number of rotatable bonds is 4. The monoisotopic (exact) mass is 254 g/mol. The Balaban J connectivity index is 1.80. The Bertz CT molecular complexity index is 372. The summed E-state index contributed by atoms with van der Waals surface area (Å²) in [6.07, 6.45) is 2.40. The van der Waals surface area contributed by atoms with Gasteiger partial charge in [0, 0.05) is 18.0 Å². The molecule has 2 N–H and O–H groups in total. The number of piperidine rings is 1. The summed E-state index contributed by atoms with van der Waals surface area (Å²) in [4.78, 5) is 12.6. The lowest BCUT2D eigenvalue weighted by Crippen LogP contribution is -2.37. The van der Waals surface area contributed by atoms with E-state index in [-0.39, 0.29) is 5.91 Å². The minimum absolute atomic E-state index is 0.00359. The number of hydrogen-bond acceptors (Lipinski definition) is 4. The van der Waals surface area contributed by atoms with Crippen LogP contribution in [0.2, 0.25) is 0 Å². The second-order valence-corrected chi connectivity index (χ2v) is 5.18. The van der Waals surface area contributed by atoms with Crippen molar-refractivity contribution in [3.8, 4) is 5.75 Å². The first-order valence-corrected chi connectivity index (χ1v) is 6.79. The lowest BCUT2D eigenvalue weighted by Gasteiger charge is -2.22. The van der Waals surface area contributed by atoms with Crippen LogP contribution in [0.25, 0.3) is 0 Å². The zero-order valence-corrected chi connectivity index (χ0v) is 10.8. The molecule has 0 saturated carbocycles. The number of carbonyl (C=O) groups excluding carboxylic acids is 1. The lowest BCUT2D eigenvalue weighted by atomic mass is 10.00. The second kappa shape index (κ2) is 6.02. The van der Waals surface area contributed by atoms with Crippen molar-refractivity contribution in [3.63, 3.8) is 0 Å². The molecule has 94 valence electrons. The third-order valence-electron chi connectivity index (χ3n) is 2.99. The van der Waals surface area contributed by atoms with E-state index in [1.165, 1.54) is 24.2 Å². The molecule has 1 saturated heterocycles. The zero-order chi connectivity index (χ0) is 12.1. The predicted molar refractivity (Wildman–Crippen MR) is 68.8 cm³/mol. The van der Waals surface area contributed by atoms with E-state index in [4.69, 9.17) is 4.74 Å². The largest absolute Gasteiger partial charge is 0.496 e. The first-order valence-electron chi connectivity index (χ1n) is 5.91. The van der Waals surface area contributed by atoms with Gasteiger partial charge in [0.25, 0.3) is 5.91 Å². The quantitative estimate of drug-likeness (QED) is 0.856. The molecule has 1 unspecified atom stereocenters. The summed E-state index contributed by atoms with van der Waals surface area (Å²) in [6, 6.07) is 1.78. The highest BCUT2D eigenvalue weighted by atomic mass is 32.1. The van der Waals surface area contributed by atoms with Gasteiger partial charge in [-0.3, -0.25) is 4.79 Å². The van der Waals surface area contributed by atoms with E-state index in [9.17, 15) is 4.79 Å². The minimum Gasteiger partial charge on any atom is -0.496 e. The van der Waals surface area contributed by atoms with Crippen LogP contribution >= 0.6 is 11.3 Å². The van der Waals surface area contributed by atoms with Crippen LogP contribution in [-0.4, -0.2) is 32.7 Å². The van der Waals surface area contributed by atoms with Gasteiger partial charge in [0.1, 0.15) is 5.75 Å². The molecule has 1 aliphatic heterocycles. The first-order chi connectivity index (χ1) is 8.29. The Labute approximate surface area is 105 Å². The van der Waals surface area contributed by atoms with Crippen molar-refractivity contribution < 1.29 is 9.53 Å². The van der Waals surface area contributed by atoms with Crippen molar-refractivity contribution in [2.45, 2.75) is 12.8 Å². The van der Waals surface area contributed by atoms with Crippen LogP contribution in [0.5, 0.6) is 5.75 Å². The molecular weight excluding hydrogens is 236 g/mol. The third kappa shape index (κ3) is 3.44. The summed E-state index contributed by atoms with van der Waals surface area (Å²) in [7, 11) is 1.61. The molecule has 1 fully saturated rings. The van der Waals surface area contributed by atoms with Crippen molar-refractivity contribution in [1.82, 2.24) is 10.6 Å². The van der Waals surface area contributed by atoms with Crippen molar-refractivity contribution in [2.75, 3.05) is 26.7 Å². The molecule has 1 amide bonds. The Kier molecular flexibility index (Phi) is 4.39. The molecule has 1 aromatic heterocycles. The molecular formula is C12H18N2O2S. The zero-order valence-electron chi connectivity index (χ0n) is 9.99. The van der Waals surface area contributed by atoms with Crippen LogP contribution in [0.3, 0.4) is 0 Å². The van der Waals surface area contributed by atoms with Crippen molar-refractivity contribution in [1.29, 1.82) is 0 Å². The standard InChI is InChI=1S/C12H18N2O2S/c1-16-10-5-11(17-8-10)12(15)14-7-9-3-2-4-13-6-9/h5,8-9,13H,2-4,6-7H2,1H3,(H,14,15). The molecule has 0 spiro atoms. The van der Waals surface area contributed by atoms with Crippen LogP contribution in [0.15, 0.2) is 11.4 Å². The topological polar surface area (TPSA) is 50.4 Å². The molecule has 1 atom stereocenters. The number of ether oxygens (including phenoxy) is 1. The molecule has 1 aromatic rings. The van der Waals surface area contributed by atoms with E-state index in [1.807, 2.05) is 5.38 Å². The molecule has 0 aromatic carbocycles. The van der Waals surface area contributed by atoms with E-state index < -0.39 is 0 Å². The molecule has 0 aliphatic carbocycles. The lowest BCUT2D eigenvalue weighted by molar-refractivity contribution is 0.0948. The highest BCUT2D eigenvalue weighted by molar-refractivity contribution is 7.12. The Hall–Kier alpha value is -1.07. The summed E-state index contributed by atoms with van der Waals surface area (Å²) in [5.41, 5.74) is 0. The van der Waals surface area contributed by atoms with Crippen LogP contribution in [0.1, 0.15) is 22.5 Å². The fraction of sp³-hybridized carbons (Fsp3) is 0.583. The second-order valence-electron chi connectivity index (χ2n) is 4.27. The number of methoxy groups -OCH3 is 1. The maximum absolute atomic E-state index is 11.8. The SMILES string of the molecule is COc1csc(C(=O)NCC2CCCNC2)c1. The molecule has 4 nitrogen and oxygen atoms in total. The van der Waals surface area contributed by atoms with Crippen LogP contribution in [0.4, 0.5) is 0 Å². The summed E-state index contributed by atoms with van der Waals surface area (Å²) in [5.74, 6) is 1.32. The van der Waals surface area contributed by atoms with Crippen molar-refractivity contribution in [3.05, 3.63) is 16.3 Å². The van der Waals surface area contributed by atoms with Gasteiger partial charge in [-0.2, -0.15) is 0 Å². The Morgan fingerprint density at radius 1 is 1.71 bits per heavy atom. The summed E-state index contributed by atoms with van der Waals surface area (Å²) < 4.78 is 5.06. The number of carbonyl (C=O) groups is 1. The molecule has 0 radical (unpaired) electrons. The van der Waals surface area contributed by atoms with Crippen LogP contribution < -0.4 is 15.4 Å². The molecule has 5 heteroatoms. The highest BCUT2D eigenvalue weighted by Gasteiger charge is 2.15. The van der Waals surface area contributed by atoms with Gasteiger partial charge in [0.05, 0.1) is 12.0 Å². The van der Waals surface area contributed by atoms with Gasteiger partial charge >= 0.3 is 0 Å². The Morgan fingerprint density at radius 2 is 2.59 bits per heavy atom. The minimum atomic E-state index is 0.00359. The summed E-state index contributed by atoms with van der Waals surface area (Å²) in [6.45, 7) is 2.87. The third-order valence-corrected chi connectivity index (χ3v) is 3.89. The number of amides is 1. The average molecular weight is 254 g/mol. The van der Waals surface area contributed by atoms with Gasteiger partial charge in [-0.25, -0.2) is 0 Å². The number of hydrogen-bond donors (Lipinski definition) is 2. The molecule has 2 heterocycles. The van der Waals surface area contributed by atoms with E-state index in [0.29, 0.717) is 10.8 Å². The molecule has 2 rings (SSSR count). The molecule has 0 bridgehead atoms. The predicted octanol–water partition coefficient (Wildman–Crippen LogP) is 1.49. The van der Waals surface area contributed by atoms with Gasteiger partial charge in [0.2, 0.25) is 0 Å². The van der Waals surface area contributed by atoms with Crippen LogP contribution in [-0.2, 0) is 0 Å². The summed E-state index contributed by atoms with van der Waals surface area (Å²) in [5, 5.41) is 8.17. The van der Waals surface area contributed by atoms with Gasteiger partial charge in [-0.05, 0) is 31.8 Å². The van der Waals surface area contributed by atoms with Gasteiger partial charge in [-0.15, -0.1) is 11.3 Å². The van der Waals surface area contributed by atoms with E-state index in [0.717, 1.165) is 25.4 Å². The number of nitrogens with one attached hydrogen (secondary N) is 2. The summed E-state index contributed by atoms with van der Waals surface area (Å²) >= 11 is 1.42. The fourth-order valence-electron chi connectivity index (χ4n) is 1.97. The normalized spacial score (nSPS) is 19.9. The van der Waals surface area contributed by atoms with Gasteiger partial charge in [-0.1, -0.05) is 0 Å². The van der Waals surface area contributed by atoms with Crippen molar-refractivity contribution in [2.24, 2.45) is 5.92 Å². The molecule has 17 heavy (non-hydrogen) atoms. The smallest absolute Gasteiger partial charge is 0.261 e. The maximum atomic E-state index is 11.8. The van der Waals surface area contributed by atoms with E-state index in [1.54, 1.807) is 13.2 Å². The first kappa shape index (κ1) is 12.4. The van der Waals surface area contributed by atoms with E-state index >= 15 is 0 Å². The fourth-order valence-corrected chi connectivity index (χ4v) is 2.74. The Morgan fingerprint density at radius 3 is 3.24 bits per heavy atom. The van der Waals surface area contributed by atoms with Gasteiger partial charge in [0.15, 0.2) is 0 Å². The number of thiophene rings is 1. The van der Waals surface area contributed by atoms with E-state index in [2.05, 4.69) is 10.6 Å². The average Bonchev–Trinajstić information content (AvgIpc) is 2.86. The molecule has 1 aliphatic rings. The van der Waals surface area contributed by atoms with Crippen molar-refractivity contribution >= 4 is 17.2 Å². The van der Waals surface area contributed by atoms with Gasteiger partial charge < -0.3 is 15.4 Å².